The Bertz CT molecular complexity index is 254. The number of hydrogen-bond donors (Lipinski definition) is 2. The van der Waals surface area contributed by atoms with E-state index in [4.69, 9.17) is 9.84 Å². The van der Waals surface area contributed by atoms with Gasteiger partial charge in [-0.25, -0.2) is 4.79 Å². The number of carboxylic acid groups (broad SMARTS) is 1. The molecule has 0 radical (unpaired) electrons. The van der Waals surface area contributed by atoms with E-state index in [2.05, 4.69) is 15.9 Å². The van der Waals surface area contributed by atoms with Crippen LogP contribution in [0.25, 0.3) is 0 Å². The third-order valence-corrected chi connectivity index (χ3v) is 3.54. The number of aliphatic hydroxyl groups is 1. The molecule has 0 aromatic rings. The maximum absolute atomic E-state index is 10.4. The zero-order valence-corrected chi connectivity index (χ0v) is 10.1. The maximum atomic E-state index is 10.4. The van der Waals surface area contributed by atoms with Gasteiger partial charge < -0.3 is 14.9 Å². The van der Waals surface area contributed by atoms with E-state index < -0.39 is 12.1 Å². The second kappa shape index (κ2) is 5.63. The molecule has 1 saturated carbocycles. The van der Waals surface area contributed by atoms with Crippen molar-refractivity contribution in [1.29, 1.82) is 0 Å². The summed E-state index contributed by atoms with van der Waals surface area (Å²) < 4.78 is 5.15. The van der Waals surface area contributed by atoms with Gasteiger partial charge in [0.25, 0.3) is 0 Å². The van der Waals surface area contributed by atoms with Crippen molar-refractivity contribution in [3.05, 3.63) is 12.2 Å². The van der Waals surface area contributed by atoms with E-state index in [-0.39, 0.29) is 16.8 Å². The molecule has 1 aliphatic carbocycles. The second-order valence-electron chi connectivity index (χ2n) is 3.71. The largest absolute Gasteiger partial charge is 0.478 e. The first-order chi connectivity index (χ1) is 7.04. The predicted molar refractivity (Wildman–Crippen MR) is 59.0 cm³/mol. The third-order valence-electron chi connectivity index (χ3n) is 2.63. The minimum Gasteiger partial charge on any atom is -0.478 e. The van der Waals surface area contributed by atoms with Gasteiger partial charge in [-0.1, -0.05) is 22.0 Å². The van der Waals surface area contributed by atoms with Crippen LogP contribution in [0, 0.1) is 5.92 Å². The van der Waals surface area contributed by atoms with Gasteiger partial charge in [0.05, 0.1) is 12.2 Å². The maximum Gasteiger partial charge on any atom is 0.327 e. The Morgan fingerprint density at radius 2 is 2.20 bits per heavy atom. The van der Waals surface area contributed by atoms with E-state index in [1.54, 1.807) is 13.2 Å². The van der Waals surface area contributed by atoms with E-state index in [1.165, 1.54) is 0 Å². The SMILES string of the molecule is COC1CC(C=CC(=O)O)CC(Br)C1O. The molecular weight excluding hydrogens is 264 g/mol. The Hall–Kier alpha value is -0.390. The average Bonchev–Trinajstić information content (AvgIpc) is 2.19. The number of methoxy groups -OCH3 is 1. The van der Waals surface area contributed by atoms with Gasteiger partial charge in [-0.05, 0) is 18.8 Å². The van der Waals surface area contributed by atoms with Gasteiger partial charge in [0.15, 0.2) is 0 Å². The molecule has 2 N–H and O–H groups in total. The molecule has 15 heavy (non-hydrogen) atoms. The number of halogens is 1. The van der Waals surface area contributed by atoms with Crippen LogP contribution in [0.3, 0.4) is 0 Å². The normalized spacial score (nSPS) is 37.0. The molecule has 4 unspecified atom stereocenters. The van der Waals surface area contributed by atoms with Crippen LogP contribution in [-0.2, 0) is 9.53 Å². The summed E-state index contributed by atoms with van der Waals surface area (Å²) in [6.45, 7) is 0. The standard InChI is InChI=1S/C10H15BrO4/c1-15-8-5-6(2-3-9(12)13)4-7(11)10(8)14/h2-3,6-8,10,14H,4-5H2,1H3,(H,12,13). The fraction of sp³-hybridized carbons (Fsp3) is 0.700. The molecule has 4 nitrogen and oxygen atoms in total. The van der Waals surface area contributed by atoms with Crippen molar-refractivity contribution in [2.75, 3.05) is 7.11 Å². The Morgan fingerprint density at radius 1 is 1.53 bits per heavy atom. The summed E-state index contributed by atoms with van der Waals surface area (Å²) in [5, 5.41) is 18.2. The van der Waals surface area contributed by atoms with Crippen LogP contribution in [0.2, 0.25) is 0 Å². The molecule has 1 fully saturated rings. The Labute approximate surface area is 97.1 Å². The van der Waals surface area contributed by atoms with Crippen LogP contribution >= 0.6 is 15.9 Å². The van der Waals surface area contributed by atoms with Crippen molar-refractivity contribution < 1.29 is 19.7 Å². The van der Waals surface area contributed by atoms with Crippen LogP contribution in [0.5, 0.6) is 0 Å². The Morgan fingerprint density at radius 3 is 2.73 bits per heavy atom. The van der Waals surface area contributed by atoms with Crippen molar-refractivity contribution >= 4 is 21.9 Å². The van der Waals surface area contributed by atoms with Crippen molar-refractivity contribution in [1.82, 2.24) is 0 Å². The average molecular weight is 279 g/mol. The van der Waals surface area contributed by atoms with Crippen LogP contribution in [0.4, 0.5) is 0 Å². The first kappa shape index (κ1) is 12.7. The molecular formula is C10H15BrO4. The lowest BCUT2D eigenvalue weighted by molar-refractivity contribution is -0.131. The lowest BCUT2D eigenvalue weighted by Gasteiger charge is -2.34. The summed E-state index contributed by atoms with van der Waals surface area (Å²) in [7, 11) is 1.55. The highest BCUT2D eigenvalue weighted by atomic mass is 79.9. The highest BCUT2D eigenvalue weighted by Crippen LogP contribution is 2.31. The summed E-state index contributed by atoms with van der Waals surface area (Å²) in [5.74, 6) is -0.806. The van der Waals surface area contributed by atoms with Crippen molar-refractivity contribution in [2.24, 2.45) is 5.92 Å². The monoisotopic (exact) mass is 278 g/mol. The molecule has 0 bridgehead atoms. The summed E-state index contributed by atoms with van der Waals surface area (Å²) in [4.78, 5) is 10.3. The van der Waals surface area contributed by atoms with Crippen LogP contribution in [-0.4, -0.2) is 40.3 Å². The Balaban J connectivity index is 2.59. The molecule has 0 amide bonds. The van der Waals surface area contributed by atoms with Gasteiger partial charge >= 0.3 is 5.97 Å². The van der Waals surface area contributed by atoms with Crippen molar-refractivity contribution in [3.63, 3.8) is 0 Å². The van der Waals surface area contributed by atoms with Gasteiger partial charge in [-0.2, -0.15) is 0 Å². The van der Waals surface area contributed by atoms with E-state index in [0.29, 0.717) is 6.42 Å². The van der Waals surface area contributed by atoms with E-state index in [1.807, 2.05) is 0 Å². The quantitative estimate of drug-likeness (QED) is 0.601. The summed E-state index contributed by atoms with van der Waals surface area (Å²) in [6.07, 6.45) is 3.44. The number of hydrogen-bond acceptors (Lipinski definition) is 3. The first-order valence-electron chi connectivity index (χ1n) is 4.80. The number of carbonyl (C=O) groups is 1. The first-order valence-corrected chi connectivity index (χ1v) is 5.72. The zero-order valence-electron chi connectivity index (χ0n) is 8.47. The molecule has 1 rings (SSSR count). The number of aliphatic carboxylic acids is 1. The highest BCUT2D eigenvalue weighted by Gasteiger charge is 2.34. The minimum atomic E-state index is -0.943. The molecule has 0 aromatic heterocycles. The van der Waals surface area contributed by atoms with Gasteiger partial charge in [-0.3, -0.25) is 0 Å². The molecule has 0 saturated heterocycles. The molecule has 4 atom stereocenters. The number of allylic oxidation sites excluding steroid dienone is 1. The zero-order chi connectivity index (χ0) is 11.4. The number of aliphatic hydroxyl groups excluding tert-OH is 1. The van der Waals surface area contributed by atoms with Gasteiger partial charge in [-0.15, -0.1) is 0 Å². The Kier molecular flexibility index (Phi) is 4.76. The molecule has 0 aliphatic heterocycles. The number of carboxylic acids is 1. The summed E-state index contributed by atoms with van der Waals surface area (Å²) in [5.41, 5.74) is 0. The van der Waals surface area contributed by atoms with Gasteiger partial charge in [0.1, 0.15) is 0 Å². The van der Waals surface area contributed by atoms with Crippen molar-refractivity contribution in [3.8, 4) is 0 Å². The summed E-state index contributed by atoms with van der Waals surface area (Å²) >= 11 is 3.37. The lowest BCUT2D eigenvalue weighted by atomic mass is 9.85. The molecule has 0 spiro atoms. The van der Waals surface area contributed by atoms with Crippen LogP contribution in [0.15, 0.2) is 12.2 Å². The minimum absolute atomic E-state index is 0.0420. The fourth-order valence-corrected chi connectivity index (χ4v) is 2.63. The lowest BCUT2D eigenvalue weighted by Crippen LogP contribution is -2.42. The number of rotatable bonds is 3. The van der Waals surface area contributed by atoms with Gasteiger partial charge in [0, 0.05) is 18.0 Å². The van der Waals surface area contributed by atoms with E-state index >= 15 is 0 Å². The smallest absolute Gasteiger partial charge is 0.327 e. The third kappa shape index (κ3) is 3.59. The summed E-state index contributed by atoms with van der Waals surface area (Å²) in [6, 6.07) is 0. The van der Waals surface area contributed by atoms with E-state index in [0.717, 1.165) is 12.5 Å². The molecule has 0 heterocycles. The van der Waals surface area contributed by atoms with Crippen LogP contribution in [0.1, 0.15) is 12.8 Å². The number of ether oxygens (including phenoxy) is 1. The highest BCUT2D eigenvalue weighted by molar-refractivity contribution is 9.09. The molecule has 1 aliphatic rings. The van der Waals surface area contributed by atoms with Crippen molar-refractivity contribution in [2.45, 2.75) is 29.9 Å². The molecule has 0 aromatic carbocycles. The van der Waals surface area contributed by atoms with Gasteiger partial charge in [0.2, 0.25) is 0 Å². The topological polar surface area (TPSA) is 66.8 Å². The second-order valence-corrected chi connectivity index (χ2v) is 4.89. The number of alkyl halides is 1. The van der Waals surface area contributed by atoms with E-state index in [9.17, 15) is 9.90 Å². The molecule has 5 heteroatoms. The molecule has 86 valence electrons. The predicted octanol–water partition coefficient (Wildman–Crippen LogP) is 1.18. The van der Waals surface area contributed by atoms with Crippen LogP contribution < -0.4 is 0 Å². The fourth-order valence-electron chi connectivity index (χ4n) is 1.81.